The Labute approximate surface area is 112 Å². The van der Waals surface area contributed by atoms with Gasteiger partial charge in [0.15, 0.2) is 0 Å². The van der Waals surface area contributed by atoms with Crippen LogP contribution in [0.5, 0.6) is 0 Å². The molecule has 1 aromatic carbocycles. The molecule has 1 fully saturated rings. The molecule has 0 aliphatic heterocycles. The van der Waals surface area contributed by atoms with Crippen LogP contribution in [-0.2, 0) is 0 Å². The minimum absolute atomic E-state index is 0.524. The van der Waals surface area contributed by atoms with Gasteiger partial charge in [0.25, 0.3) is 0 Å². The largest absolute Gasteiger partial charge is 0.313 e. The van der Waals surface area contributed by atoms with E-state index in [1.54, 1.807) is 0 Å². The van der Waals surface area contributed by atoms with Crippen LogP contribution in [0.15, 0.2) is 24.3 Å². The Kier molecular flexibility index (Phi) is 4.45. The molecule has 1 aliphatic carbocycles. The van der Waals surface area contributed by atoms with Gasteiger partial charge >= 0.3 is 0 Å². The molecule has 1 aromatic rings. The molecular formula is C17H27N. The maximum atomic E-state index is 3.57. The van der Waals surface area contributed by atoms with E-state index >= 15 is 0 Å². The van der Waals surface area contributed by atoms with E-state index in [4.69, 9.17) is 0 Å². The summed E-state index contributed by atoms with van der Waals surface area (Å²) >= 11 is 0. The molecule has 1 aliphatic rings. The van der Waals surface area contributed by atoms with E-state index in [0.717, 1.165) is 17.8 Å². The monoisotopic (exact) mass is 245 g/mol. The lowest BCUT2D eigenvalue weighted by molar-refractivity contribution is 0.180. The molecule has 0 amide bonds. The van der Waals surface area contributed by atoms with Gasteiger partial charge in [-0.2, -0.15) is 0 Å². The third-order valence-electron chi connectivity index (χ3n) is 4.52. The summed E-state index contributed by atoms with van der Waals surface area (Å²) in [5, 5.41) is 3.57. The van der Waals surface area contributed by atoms with Crippen LogP contribution in [0.25, 0.3) is 0 Å². The third kappa shape index (κ3) is 2.95. The summed E-state index contributed by atoms with van der Waals surface area (Å²) in [7, 11) is 2.11. The van der Waals surface area contributed by atoms with Crippen molar-refractivity contribution in [3.8, 4) is 0 Å². The van der Waals surface area contributed by atoms with Gasteiger partial charge in [0.1, 0.15) is 0 Å². The fourth-order valence-corrected chi connectivity index (χ4v) is 3.86. The molecule has 1 heteroatoms. The van der Waals surface area contributed by atoms with E-state index in [2.05, 4.69) is 57.4 Å². The minimum Gasteiger partial charge on any atom is -0.313 e. The van der Waals surface area contributed by atoms with Gasteiger partial charge in [-0.3, -0.25) is 0 Å². The van der Waals surface area contributed by atoms with Crippen LogP contribution in [0.3, 0.4) is 0 Å². The van der Waals surface area contributed by atoms with Gasteiger partial charge in [0, 0.05) is 6.04 Å². The van der Waals surface area contributed by atoms with Crippen molar-refractivity contribution in [3.05, 3.63) is 35.4 Å². The molecule has 1 N–H and O–H groups in total. The standard InChI is InChI=1S/C17H27N/c1-12-9-13(2)11-15(10-12)17(18-4)16-8-6-5-7-14(16)3/h5-8,12-13,15,17-18H,9-11H2,1-4H3. The van der Waals surface area contributed by atoms with Gasteiger partial charge in [0.2, 0.25) is 0 Å². The summed E-state index contributed by atoms with van der Waals surface area (Å²) in [4.78, 5) is 0. The molecule has 100 valence electrons. The van der Waals surface area contributed by atoms with Crippen molar-refractivity contribution in [2.24, 2.45) is 17.8 Å². The first-order valence-corrected chi connectivity index (χ1v) is 7.34. The lowest BCUT2D eigenvalue weighted by Gasteiger charge is -2.37. The zero-order valence-electron chi connectivity index (χ0n) is 12.2. The van der Waals surface area contributed by atoms with Gasteiger partial charge < -0.3 is 5.32 Å². The fourth-order valence-electron chi connectivity index (χ4n) is 3.86. The van der Waals surface area contributed by atoms with Gasteiger partial charge in [0.05, 0.1) is 0 Å². The van der Waals surface area contributed by atoms with Crippen molar-refractivity contribution in [3.63, 3.8) is 0 Å². The van der Waals surface area contributed by atoms with Gasteiger partial charge in [-0.25, -0.2) is 0 Å². The molecule has 0 heterocycles. The number of hydrogen-bond donors (Lipinski definition) is 1. The van der Waals surface area contributed by atoms with E-state index in [0.29, 0.717) is 6.04 Å². The van der Waals surface area contributed by atoms with Crippen molar-refractivity contribution in [1.29, 1.82) is 0 Å². The van der Waals surface area contributed by atoms with Gasteiger partial charge in [-0.1, -0.05) is 38.1 Å². The molecule has 0 radical (unpaired) electrons. The maximum absolute atomic E-state index is 3.57. The van der Waals surface area contributed by atoms with Crippen LogP contribution >= 0.6 is 0 Å². The smallest absolute Gasteiger partial charge is 0.0348 e. The van der Waals surface area contributed by atoms with E-state index in [-0.39, 0.29) is 0 Å². The highest BCUT2D eigenvalue weighted by Crippen LogP contribution is 2.40. The second-order valence-electron chi connectivity index (χ2n) is 6.30. The predicted octanol–water partition coefficient (Wildman–Crippen LogP) is 4.33. The number of aryl methyl sites for hydroxylation is 1. The quantitative estimate of drug-likeness (QED) is 0.836. The van der Waals surface area contributed by atoms with Gasteiger partial charge in [-0.15, -0.1) is 0 Å². The zero-order chi connectivity index (χ0) is 13.1. The Morgan fingerprint density at radius 3 is 2.22 bits per heavy atom. The lowest BCUT2D eigenvalue weighted by atomic mass is 9.72. The van der Waals surface area contributed by atoms with E-state index in [9.17, 15) is 0 Å². The summed E-state index contributed by atoms with van der Waals surface area (Å²) in [6.45, 7) is 7.05. The lowest BCUT2D eigenvalue weighted by Crippen LogP contribution is -2.31. The highest BCUT2D eigenvalue weighted by atomic mass is 14.9. The van der Waals surface area contributed by atoms with Crippen LogP contribution in [0.1, 0.15) is 50.3 Å². The van der Waals surface area contributed by atoms with Crippen LogP contribution in [0.2, 0.25) is 0 Å². The van der Waals surface area contributed by atoms with Crippen molar-refractivity contribution >= 4 is 0 Å². The van der Waals surface area contributed by atoms with Crippen LogP contribution in [-0.4, -0.2) is 7.05 Å². The zero-order valence-corrected chi connectivity index (χ0v) is 12.2. The molecule has 1 saturated carbocycles. The average Bonchev–Trinajstić information content (AvgIpc) is 2.31. The maximum Gasteiger partial charge on any atom is 0.0348 e. The van der Waals surface area contributed by atoms with Crippen LogP contribution in [0.4, 0.5) is 0 Å². The molecule has 3 atom stereocenters. The molecule has 0 saturated heterocycles. The molecule has 0 spiro atoms. The summed E-state index contributed by atoms with van der Waals surface area (Å²) in [6.07, 6.45) is 4.13. The van der Waals surface area contributed by atoms with E-state index in [1.165, 1.54) is 30.4 Å². The Morgan fingerprint density at radius 2 is 1.67 bits per heavy atom. The van der Waals surface area contributed by atoms with E-state index in [1.807, 2.05) is 0 Å². The summed E-state index contributed by atoms with van der Waals surface area (Å²) in [6, 6.07) is 9.35. The molecule has 18 heavy (non-hydrogen) atoms. The van der Waals surface area contributed by atoms with Crippen molar-refractivity contribution < 1.29 is 0 Å². The van der Waals surface area contributed by atoms with Crippen molar-refractivity contribution in [2.75, 3.05) is 7.05 Å². The third-order valence-corrected chi connectivity index (χ3v) is 4.52. The minimum atomic E-state index is 0.524. The summed E-state index contributed by atoms with van der Waals surface area (Å²) in [5.74, 6) is 2.53. The molecular weight excluding hydrogens is 218 g/mol. The first kappa shape index (κ1) is 13.6. The fraction of sp³-hybridized carbons (Fsp3) is 0.647. The Bertz CT molecular complexity index is 375. The second kappa shape index (κ2) is 5.88. The first-order chi connectivity index (χ1) is 8.61. The molecule has 3 unspecified atom stereocenters. The normalized spacial score (nSPS) is 30.1. The topological polar surface area (TPSA) is 12.0 Å². The van der Waals surface area contributed by atoms with Crippen LogP contribution in [0, 0.1) is 24.7 Å². The van der Waals surface area contributed by atoms with Gasteiger partial charge in [-0.05, 0) is 62.1 Å². The highest BCUT2D eigenvalue weighted by molar-refractivity contribution is 5.29. The Balaban J connectivity index is 2.20. The molecule has 0 bridgehead atoms. The second-order valence-corrected chi connectivity index (χ2v) is 6.30. The SMILES string of the molecule is CNC(c1ccccc1C)C1CC(C)CC(C)C1. The molecule has 2 rings (SSSR count). The summed E-state index contributed by atoms with van der Waals surface area (Å²) < 4.78 is 0. The van der Waals surface area contributed by atoms with E-state index < -0.39 is 0 Å². The highest BCUT2D eigenvalue weighted by Gasteiger charge is 2.30. The van der Waals surface area contributed by atoms with Crippen LogP contribution < -0.4 is 5.32 Å². The molecule has 1 nitrogen and oxygen atoms in total. The summed E-state index contributed by atoms with van der Waals surface area (Å²) in [5.41, 5.74) is 2.91. The number of benzene rings is 1. The number of rotatable bonds is 3. The Morgan fingerprint density at radius 1 is 1.06 bits per heavy atom. The predicted molar refractivity (Wildman–Crippen MR) is 78.6 cm³/mol. The Hall–Kier alpha value is -0.820. The number of nitrogens with one attached hydrogen (secondary N) is 1. The average molecular weight is 245 g/mol. The van der Waals surface area contributed by atoms with Crippen molar-refractivity contribution in [1.82, 2.24) is 5.32 Å². The molecule has 0 aromatic heterocycles. The van der Waals surface area contributed by atoms with Crippen molar-refractivity contribution in [2.45, 2.75) is 46.1 Å². The first-order valence-electron chi connectivity index (χ1n) is 7.34. The number of hydrogen-bond acceptors (Lipinski definition) is 1.